The molecule has 2 aromatic carbocycles. The number of halogens is 1. The Morgan fingerprint density at radius 3 is 2.79 bits per heavy atom. The van der Waals surface area contributed by atoms with E-state index in [9.17, 15) is 9.18 Å². The number of furan rings is 1. The zero-order chi connectivity index (χ0) is 19.3. The first kappa shape index (κ1) is 18.3. The molecule has 0 unspecified atom stereocenters. The Kier molecular flexibility index (Phi) is 5.39. The van der Waals surface area contributed by atoms with Gasteiger partial charge in [-0.1, -0.05) is 30.3 Å². The summed E-state index contributed by atoms with van der Waals surface area (Å²) < 4.78 is 36.1. The minimum atomic E-state index is -0.590. The Labute approximate surface area is 161 Å². The second-order valence-corrected chi connectivity index (χ2v) is 6.46. The predicted octanol–water partition coefficient (Wildman–Crippen LogP) is 4.70. The number of carbonyl (C=O) groups excluding carboxylic acids is 1. The lowest BCUT2D eigenvalue weighted by atomic mass is 10.1. The molecule has 0 fully saturated rings. The van der Waals surface area contributed by atoms with E-state index < -0.39 is 12.1 Å². The standard InChI is InChI=1S/C22H19FO5/c23-18-11-16(13-26-20(24)9-8-19-7-4-10-25-19)21-17(12-18)14-27-22(28-21)15-5-2-1-3-6-15/h1-7,10-12,22H,8-9,13-14H2/t22-/m0/s1. The van der Waals surface area contributed by atoms with Crippen LogP contribution in [-0.4, -0.2) is 5.97 Å². The highest BCUT2D eigenvalue weighted by Gasteiger charge is 2.25. The third-order valence-electron chi connectivity index (χ3n) is 4.44. The van der Waals surface area contributed by atoms with Gasteiger partial charge in [-0.25, -0.2) is 4.39 Å². The van der Waals surface area contributed by atoms with Crippen LogP contribution in [0.1, 0.15) is 35.2 Å². The van der Waals surface area contributed by atoms with Crippen LogP contribution in [0.5, 0.6) is 5.75 Å². The van der Waals surface area contributed by atoms with Crippen LogP contribution in [0.3, 0.4) is 0 Å². The Hall–Kier alpha value is -3.12. The van der Waals surface area contributed by atoms with Crippen LogP contribution in [0.2, 0.25) is 0 Å². The average molecular weight is 382 g/mol. The van der Waals surface area contributed by atoms with Crippen molar-refractivity contribution in [1.82, 2.24) is 0 Å². The van der Waals surface area contributed by atoms with Gasteiger partial charge in [0.25, 0.3) is 0 Å². The largest absolute Gasteiger partial charge is 0.469 e. The fourth-order valence-electron chi connectivity index (χ4n) is 3.07. The Bertz CT molecular complexity index is 937. The van der Waals surface area contributed by atoms with Crippen molar-refractivity contribution in [1.29, 1.82) is 0 Å². The van der Waals surface area contributed by atoms with Crippen LogP contribution in [0.4, 0.5) is 4.39 Å². The quantitative estimate of drug-likeness (QED) is 0.578. The van der Waals surface area contributed by atoms with E-state index in [1.807, 2.05) is 30.3 Å². The van der Waals surface area contributed by atoms with Crippen LogP contribution >= 0.6 is 0 Å². The topological polar surface area (TPSA) is 57.9 Å². The van der Waals surface area contributed by atoms with Crippen molar-refractivity contribution in [2.75, 3.05) is 0 Å². The zero-order valence-corrected chi connectivity index (χ0v) is 15.1. The van der Waals surface area contributed by atoms with Crippen LogP contribution < -0.4 is 4.74 Å². The van der Waals surface area contributed by atoms with Crippen LogP contribution in [0.25, 0.3) is 0 Å². The molecule has 0 N–H and O–H groups in total. The van der Waals surface area contributed by atoms with Crippen molar-refractivity contribution in [2.45, 2.75) is 32.3 Å². The minimum Gasteiger partial charge on any atom is -0.469 e. The minimum absolute atomic E-state index is 0.0708. The highest BCUT2D eigenvalue weighted by Crippen LogP contribution is 2.36. The SMILES string of the molecule is O=C(CCc1ccco1)OCc1cc(F)cc2c1O[C@@H](c1ccccc1)OC2. The summed E-state index contributed by atoms with van der Waals surface area (Å²) in [6.07, 6.45) is 1.60. The average Bonchev–Trinajstić information content (AvgIpc) is 3.24. The van der Waals surface area contributed by atoms with Gasteiger partial charge >= 0.3 is 5.97 Å². The molecule has 0 saturated carbocycles. The molecule has 0 radical (unpaired) electrons. The molecule has 0 amide bonds. The summed E-state index contributed by atoms with van der Waals surface area (Å²) in [5.74, 6) is 0.401. The van der Waals surface area contributed by atoms with Crippen molar-refractivity contribution in [3.8, 4) is 5.75 Å². The van der Waals surface area contributed by atoms with Gasteiger partial charge in [-0.15, -0.1) is 0 Å². The third kappa shape index (κ3) is 4.23. The molecular formula is C22H19FO5. The van der Waals surface area contributed by atoms with E-state index >= 15 is 0 Å². The summed E-state index contributed by atoms with van der Waals surface area (Å²) >= 11 is 0. The number of carbonyl (C=O) groups is 1. The zero-order valence-electron chi connectivity index (χ0n) is 15.1. The van der Waals surface area contributed by atoms with Crippen LogP contribution in [0, 0.1) is 5.82 Å². The Morgan fingerprint density at radius 2 is 2.00 bits per heavy atom. The van der Waals surface area contributed by atoms with Gasteiger partial charge in [0.15, 0.2) is 0 Å². The van der Waals surface area contributed by atoms with Crippen LogP contribution in [-0.2, 0) is 33.9 Å². The molecule has 4 rings (SSSR count). The number of rotatable bonds is 6. The van der Waals surface area contributed by atoms with Crippen molar-refractivity contribution < 1.29 is 27.8 Å². The molecular weight excluding hydrogens is 363 g/mol. The Balaban J connectivity index is 1.44. The maximum Gasteiger partial charge on any atom is 0.306 e. The molecule has 1 aliphatic rings. The van der Waals surface area contributed by atoms with Crippen molar-refractivity contribution in [3.63, 3.8) is 0 Å². The van der Waals surface area contributed by atoms with Crippen molar-refractivity contribution >= 4 is 5.97 Å². The second-order valence-electron chi connectivity index (χ2n) is 6.46. The lowest BCUT2D eigenvalue weighted by molar-refractivity contribution is -0.145. The fraction of sp³-hybridized carbons (Fsp3) is 0.227. The van der Waals surface area contributed by atoms with E-state index in [1.165, 1.54) is 12.1 Å². The molecule has 0 aliphatic carbocycles. The first-order chi connectivity index (χ1) is 13.7. The van der Waals surface area contributed by atoms with Crippen molar-refractivity contribution in [3.05, 3.63) is 89.1 Å². The van der Waals surface area contributed by atoms with Gasteiger partial charge in [0.05, 0.1) is 19.3 Å². The molecule has 5 nitrogen and oxygen atoms in total. The molecule has 3 aromatic rings. The van der Waals surface area contributed by atoms with Gasteiger partial charge in [0.1, 0.15) is 23.9 Å². The summed E-state index contributed by atoms with van der Waals surface area (Å²) in [5, 5.41) is 0. The van der Waals surface area contributed by atoms with E-state index in [-0.39, 0.29) is 25.6 Å². The number of aryl methyl sites for hydroxylation is 1. The van der Waals surface area contributed by atoms with E-state index in [2.05, 4.69) is 0 Å². The molecule has 1 aromatic heterocycles. The molecule has 144 valence electrons. The second kappa shape index (κ2) is 8.27. The maximum absolute atomic E-state index is 14.0. The van der Waals surface area contributed by atoms with E-state index in [1.54, 1.807) is 18.4 Å². The highest BCUT2D eigenvalue weighted by molar-refractivity contribution is 5.69. The van der Waals surface area contributed by atoms with Crippen molar-refractivity contribution in [2.24, 2.45) is 0 Å². The summed E-state index contributed by atoms with van der Waals surface area (Å²) in [4.78, 5) is 12.0. The smallest absolute Gasteiger partial charge is 0.306 e. The van der Waals surface area contributed by atoms with E-state index in [0.717, 1.165) is 5.56 Å². The van der Waals surface area contributed by atoms with Gasteiger partial charge in [0.2, 0.25) is 6.29 Å². The fourth-order valence-corrected chi connectivity index (χ4v) is 3.07. The summed E-state index contributed by atoms with van der Waals surface area (Å²) in [5.41, 5.74) is 1.93. The van der Waals surface area contributed by atoms with Gasteiger partial charge < -0.3 is 18.6 Å². The number of benzene rings is 2. The predicted molar refractivity (Wildman–Crippen MR) is 97.8 cm³/mol. The highest BCUT2D eigenvalue weighted by atomic mass is 19.1. The lowest BCUT2D eigenvalue weighted by Crippen LogP contribution is -2.20. The van der Waals surface area contributed by atoms with Gasteiger partial charge in [-0.05, 0) is 24.3 Å². The number of hydrogen-bond donors (Lipinski definition) is 0. The molecule has 28 heavy (non-hydrogen) atoms. The molecule has 1 atom stereocenters. The molecule has 2 heterocycles. The molecule has 0 bridgehead atoms. The lowest BCUT2D eigenvalue weighted by Gasteiger charge is -2.28. The monoisotopic (exact) mass is 382 g/mol. The Morgan fingerprint density at radius 1 is 1.14 bits per heavy atom. The summed E-state index contributed by atoms with van der Waals surface area (Å²) in [7, 11) is 0. The number of esters is 1. The van der Waals surface area contributed by atoms with Gasteiger partial charge in [-0.3, -0.25) is 4.79 Å². The number of hydrogen-bond acceptors (Lipinski definition) is 5. The third-order valence-corrected chi connectivity index (χ3v) is 4.44. The first-order valence-electron chi connectivity index (χ1n) is 9.01. The van der Waals surface area contributed by atoms with E-state index in [0.29, 0.717) is 29.1 Å². The van der Waals surface area contributed by atoms with Gasteiger partial charge in [-0.2, -0.15) is 0 Å². The molecule has 0 saturated heterocycles. The van der Waals surface area contributed by atoms with E-state index in [4.69, 9.17) is 18.6 Å². The molecule has 6 heteroatoms. The number of fused-ring (bicyclic) bond motifs is 1. The number of ether oxygens (including phenoxy) is 3. The molecule has 0 spiro atoms. The first-order valence-corrected chi connectivity index (χ1v) is 9.01. The normalized spacial score (nSPS) is 15.5. The van der Waals surface area contributed by atoms with Crippen LogP contribution in [0.15, 0.2) is 65.3 Å². The summed E-state index contributed by atoms with van der Waals surface area (Å²) in [6, 6.07) is 15.7. The van der Waals surface area contributed by atoms with Gasteiger partial charge in [0, 0.05) is 23.1 Å². The maximum atomic E-state index is 14.0. The summed E-state index contributed by atoms with van der Waals surface area (Å²) in [6.45, 7) is 0.144. The molecule has 1 aliphatic heterocycles.